The Morgan fingerprint density at radius 1 is 1.40 bits per heavy atom. The topological polar surface area (TPSA) is 76.6 Å². The maximum atomic E-state index is 11.7. The molecule has 1 aliphatic heterocycles. The first-order chi connectivity index (χ1) is 9.56. The average molecular weight is 294 g/mol. The fourth-order valence-corrected chi connectivity index (χ4v) is 2.61. The minimum absolute atomic E-state index is 0.0646. The molecule has 1 atom stereocenters. The van der Waals surface area contributed by atoms with Crippen LogP contribution in [0.1, 0.15) is 26.2 Å². The first-order valence-corrected chi connectivity index (χ1v) is 7.08. The molecule has 1 aromatic rings. The minimum Gasteiger partial charge on any atom is -0.330 e. The van der Waals surface area contributed by atoms with Gasteiger partial charge in [0, 0.05) is 24.3 Å². The van der Waals surface area contributed by atoms with Crippen molar-refractivity contribution in [1.82, 2.24) is 10.0 Å². The van der Waals surface area contributed by atoms with E-state index in [1.54, 1.807) is 6.20 Å². The molecule has 0 radical (unpaired) electrons. The summed E-state index contributed by atoms with van der Waals surface area (Å²) in [5.41, 5.74) is 0. The standard InChI is InChI=1S/C13H14N2O4S/c1-9(20-10-4-2-3-7-14-10)8-13(18)19-15-11(16)5-6-12(15)17/h2-4,7,9H,5-6,8H2,1H3. The highest BCUT2D eigenvalue weighted by Crippen LogP contribution is 2.23. The largest absolute Gasteiger partial charge is 0.334 e. The Bertz CT molecular complexity index is 504. The highest BCUT2D eigenvalue weighted by Gasteiger charge is 2.33. The fourth-order valence-electron chi connectivity index (χ4n) is 1.70. The minimum atomic E-state index is -0.593. The van der Waals surface area contributed by atoms with Crippen LogP contribution in [0.5, 0.6) is 0 Å². The van der Waals surface area contributed by atoms with E-state index in [-0.39, 0.29) is 24.5 Å². The zero-order valence-corrected chi connectivity index (χ0v) is 11.8. The lowest BCUT2D eigenvalue weighted by molar-refractivity contribution is -0.197. The molecule has 2 amide bonds. The number of hydrogen-bond acceptors (Lipinski definition) is 6. The molecule has 0 spiro atoms. The molecule has 106 valence electrons. The van der Waals surface area contributed by atoms with E-state index in [0.717, 1.165) is 5.03 Å². The molecule has 0 saturated carbocycles. The van der Waals surface area contributed by atoms with Gasteiger partial charge in [-0.2, -0.15) is 0 Å². The molecule has 1 aliphatic rings. The number of aromatic nitrogens is 1. The summed E-state index contributed by atoms with van der Waals surface area (Å²) >= 11 is 1.43. The van der Waals surface area contributed by atoms with Gasteiger partial charge in [-0.25, -0.2) is 9.78 Å². The van der Waals surface area contributed by atoms with E-state index in [2.05, 4.69) is 4.98 Å². The van der Waals surface area contributed by atoms with Gasteiger partial charge in [-0.15, -0.1) is 16.8 Å². The Morgan fingerprint density at radius 3 is 2.70 bits per heavy atom. The Morgan fingerprint density at radius 2 is 2.10 bits per heavy atom. The highest BCUT2D eigenvalue weighted by molar-refractivity contribution is 7.99. The number of nitrogens with zero attached hydrogens (tertiary/aromatic N) is 2. The molecule has 1 unspecified atom stereocenters. The number of thioether (sulfide) groups is 1. The molecule has 1 saturated heterocycles. The summed E-state index contributed by atoms with van der Waals surface area (Å²) in [7, 11) is 0. The summed E-state index contributed by atoms with van der Waals surface area (Å²) < 4.78 is 0. The monoisotopic (exact) mass is 294 g/mol. The van der Waals surface area contributed by atoms with E-state index in [4.69, 9.17) is 4.84 Å². The van der Waals surface area contributed by atoms with Crippen molar-refractivity contribution in [3.63, 3.8) is 0 Å². The van der Waals surface area contributed by atoms with Gasteiger partial charge in [0.05, 0.1) is 11.4 Å². The Hall–Kier alpha value is -1.89. The predicted octanol–water partition coefficient (Wildman–Crippen LogP) is 1.56. The maximum absolute atomic E-state index is 11.7. The van der Waals surface area contributed by atoms with Gasteiger partial charge in [0.2, 0.25) is 0 Å². The number of carbonyl (C=O) groups is 3. The molecule has 2 heterocycles. The van der Waals surface area contributed by atoms with Crippen LogP contribution in [0.2, 0.25) is 0 Å². The third-order valence-electron chi connectivity index (χ3n) is 2.61. The van der Waals surface area contributed by atoms with Crippen LogP contribution < -0.4 is 0 Å². The zero-order valence-electron chi connectivity index (χ0n) is 10.9. The van der Waals surface area contributed by atoms with Crippen molar-refractivity contribution in [3.8, 4) is 0 Å². The van der Waals surface area contributed by atoms with Crippen molar-refractivity contribution in [3.05, 3.63) is 24.4 Å². The molecule has 2 rings (SSSR count). The Kier molecular flexibility index (Phi) is 4.73. The number of hydroxylamine groups is 2. The summed E-state index contributed by atoms with van der Waals surface area (Å²) in [5, 5.41) is 1.31. The van der Waals surface area contributed by atoms with Crippen LogP contribution in [-0.2, 0) is 19.2 Å². The molecule has 0 bridgehead atoms. The van der Waals surface area contributed by atoms with E-state index in [0.29, 0.717) is 5.06 Å². The van der Waals surface area contributed by atoms with Crippen molar-refractivity contribution in [2.75, 3.05) is 0 Å². The summed E-state index contributed by atoms with van der Waals surface area (Å²) in [4.78, 5) is 43.3. The summed E-state index contributed by atoms with van der Waals surface area (Å²) in [6.45, 7) is 1.86. The van der Waals surface area contributed by atoms with Gasteiger partial charge in [0.15, 0.2) is 0 Å². The normalized spacial score (nSPS) is 16.4. The Balaban J connectivity index is 1.82. The van der Waals surface area contributed by atoms with Gasteiger partial charge in [0.1, 0.15) is 0 Å². The van der Waals surface area contributed by atoms with Crippen molar-refractivity contribution in [2.45, 2.75) is 36.5 Å². The van der Waals surface area contributed by atoms with E-state index in [9.17, 15) is 14.4 Å². The molecular weight excluding hydrogens is 280 g/mol. The second kappa shape index (κ2) is 6.51. The van der Waals surface area contributed by atoms with Crippen LogP contribution in [0, 0.1) is 0 Å². The lowest BCUT2D eigenvalue weighted by Crippen LogP contribution is -2.32. The van der Waals surface area contributed by atoms with Crippen molar-refractivity contribution in [1.29, 1.82) is 0 Å². The van der Waals surface area contributed by atoms with Crippen LogP contribution >= 0.6 is 11.8 Å². The summed E-state index contributed by atoms with van der Waals surface area (Å²) in [6, 6.07) is 5.52. The molecule has 0 aliphatic carbocycles. The van der Waals surface area contributed by atoms with E-state index in [1.807, 2.05) is 25.1 Å². The van der Waals surface area contributed by atoms with Gasteiger partial charge in [-0.3, -0.25) is 9.59 Å². The zero-order chi connectivity index (χ0) is 14.5. The second-order valence-electron chi connectivity index (χ2n) is 4.35. The van der Waals surface area contributed by atoms with Crippen LogP contribution in [0.3, 0.4) is 0 Å². The second-order valence-corrected chi connectivity index (χ2v) is 5.80. The number of imide groups is 1. The molecule has 0 N–H and O–H groups in total. The first-order valence-electron chi connectivity index (χ1n) is 6.20. The van der Waals surface area contributed by atoms with Gasteiger partial charge < -0.3 is 4.84 Å². The highest BCUT2D eigenvalue weighted by atomic mass is 32.2. The maximum Gasteiger partial charge on any atom is 0.334 e. The first kappa shape index (κ1) is 14.5. The van der Waals surface area contributed by atoms with Crippen molar-refractivity contribution < 1.29 is 19.2 Å². The number of rotatable bonds is 5. The van der Waals surface area contributed by atoms with Crippen LogP contribution in [0.4, 0.5) is 0 Å². The van der Waals surface area contributed by atoms with Crippen LogP contribution in [0.25, 0.3) is 0 Å². The van der Waals surface area contributed by atoms with Crippen LogP contribution in [-0.4, -0.2) is 33.1 Å². The molecular formula is C13H14N2O4S. The van der Waals surface area contributed by atoms with E-state index in [1.165, 1.54) is 11.8 Å². The number of amides is 2. The number of hydrogen-bond donors (Lipinski definition) is 0. The quantitative estimate of drug-likeness (QED) is 0.606. The van der Waals surface area contributed by atoms with Gasteiger partial charge in [-0.05, 0) is 12.1 Å². The Labute approximate surface area is 120 Å². The van der Waals surface area contributed by atoms with Gasteiger partial charge in [-0.1, -0.05) is 13.0 Å². The van der Waals surface area contributed by atoms with Crippen molar-refractivity contribution in [2.24, 2.45) is 0 Å². The van der Waals surface area contributed by atoms with Gasteiger partial charge >= 0.3 is 5.97 Å². The third kappa shape index (κ3) is 3.80. The lowest BCUT2D eigenvalue weighted by Gasteiger charge is -2.14. The number of pyridine rings is 1. The summed E-state index contributed by atoms with van der Waals surface area (Å²) in [5.74, 6) is -1.52. The third-order valence-corrected chi connectivity index (χ3v) is 3.66. The van der Waals surface area contributed by atoms with Crippen LogP contribution in [0.15, 0.2) is 29.4 Å². The summed E-state index contributed by atoms with van der Waals surface area (Å²) in [6.07, 6.45) is 1.97. The molecule has 1 fully saturated rings. The van der Waals surface area contributed by atoms with E-state index < -0.39 is 17.8 Å². The van der Waals surface area contributed by atoms with Crippen molar-refractivity contribution >= 4 is 29.5 Å². The fraction of sp³-hybridized carbons (Fsp3) is 0.385. The SMILES string of the molecule is CC(CC(=O)ON1C(=O)CCC1=O)Sc1ccccn1. The molecule has 1 aromatic heterocycles. The number of carbonyl (C=O) groups excluding carboxylic acids is 3. The smallest absolute Gasteiger partial charge is 0.330 e. The molecule has 0 aromatic carbocycles. The van der Waals surface area contributed by atoms with E-state index >= 15 is 0 Å². The average Bonchev–Trinajstić information content (AvgIpc) is 2.71. The van der Waals surface area contributed by atoms with Gasteiger partial charge in [0.25, 0.3) is 11.8 Å². The lowest BCUT2D eigenvalue weighted by atomic mass is 10.3. The predicted molar refractivity (Wildman–Crippen MR) is 71.4 cm³/mol. The molecule has 20 heavy (non-hydrogen) atoms. The molecule has 7 heteroatoms. The molecule has 6 nitrogen and oxygen atoms in total.